The van der Waals surface area contributed by atoms with Crippen LogP contribution in [-0.2, 0) is 0 Å². The van der Waals surface area contributed by atoms with Crippen molar-refractivity contribution < 1.29 is 4.79 Å². The lowest BCUT2D eigenvalue weighted by Crippen LogP contribution is -2.11. The normalized spacial score (nSPS) is 10.0. The third-order valence-electron chi connectivity index (χ3n) is 3.30. The van der Waals surface area contributed by atoms with Crippen LogP contribution >= 0.6 is 0 Å². The molecule has 0 aliphatic carbocycles. The van der Waals surface area contributed by atoms with E-state index in [1.807, 2.05) is 42.5 Å². The molecule has 1 heterocycles. The number of rotatable bonds is 2. The summed E-state index contributed by atoms with van der Waals surface area (Å²) in [5.41, 5.74) is 2.81. The lowest BCUT2D eigenvalue weighted by atomic mass is 9.97. The highest BCUT2D eigenvalue weighted by Gasteiger charge is 2.14. The molecule has 3 heteroatoms. The SMILES string of the molecule is N#Cc1ccc(C(=O)n2cccc2)c(-c2ccccc2)c1. The molecule has 21 heavy (non-hydrogen) atoms. The molecule has 100 valence electrons. The molecule has 0 amide bonds. The molecule has 0 bridgehead atoms. The van der Waals surface area contributed by atoms with Gasteiger partial charge in [0, 0.05) is 18.0 Å². The average molecular weight is 272 g/mol. The molecule has 0 fully saturated rings. The zero-order valence-corrected chi connectivity index (χ0v) is 11.2. The molecular weight excluding hydrogens is 260 g/mol. The highest BCUT2D eigenvalue weighted by Crippen LogP contribution is 2.25. The van der Waals surface area contributed by atoms with Gasteiger partial charge in [-0.1, -0.05) is 30.3 Å². The Hall–Kier alpha value is -3.12. The summed E-state index contributed by atoms with van der Waals surface area (Å²) in [7, 11) is 0. The fourth-order valence-corrected chi connectivity index (χ4v) is 2.27. The first kappa shape index (κ1) is 12.9. The molecule has 0 atom stereocenters. The fourth-order valence-electron chi connectivity index (χ4n) is 2.27. The van der Waals surface area contributed by atoms with E-state index in [4.69, 9.17) is 5.26 Å². The second-order valence-electron chi connectivity index (χ2n) is 4.63. The molecule has 1 aromatic heterocycles. The van der Waals surface area contributed by atoms with Crippen LogP contribution in [0.1, 0.15) is 15.9 Å². The van der Waals surface area contributed by atoms with Crippen LogP contribution < -0.4 is 0 Å². The Labute approximate surface area is 122 Å². The Kier molecular flexibility index (Phi) is 3.36. The second kappa shape index (κ2) is 5.48. The number of benzene rings is 2. The third-order valence-corrected chi connectivity index (χ3v) is 3.30. The van der Waals surface area contributed by atoms with Crippen LogP contribution in [0.25, 0.3) is 11.1 Å². The van der Waals surface area contributed by atoms with Gasteiger partial charge < -0.3 is 0 Å². The van der Waals surface area contributed by atoms with Gasteiger partial charge in [-0.3, -0.25) is 9.36 Å². The summed E-state index contributed by atoms with van der Waals surface area (Å²) in [6, 6.07) is 20.5. The first-order chi connectivity index (χ1) is 10.3. The number of aromatic nitrogens is 1. The number of nitrogens with zero attached hydrogens (tertiary/aromatic N) is 2. The van der Waals surface area contributed by atoms with Gasteiger partial charge in [-0.05, 0) is 41.5 Å². The van der Waals surface area contributed by atoms with Gasteiger partial charge in [0.05, 0.1) is 11.6 Å². The lowest BCUT2D eigenvalue weighted by molar-refractivity contribution is 0.0961. The van der Waals surface area contributed by atoms with Gasteiger partial charge in [0.25, 0.3) is 5.91 Å². The molecule has 0 N–H and O–H groups in total. The van der Waals surface area contributed by atoms with Crippen molar-refractivity contribution in [1.29, 1.82) is 5.26 Å². The van der Waals surface area contributed by atoms with Gasteiger partial charge in [-0.25, -0.2) is 0 Å². The van der Waals surface area contributed by atoms with Crippen LogP contribution in [0.5, 0.6) is 0 Å². The van der Waals surface area contributed by atoms with Crippen molar-refractivity contribution in [3.05, 3.63) is 84.2 Å². The van der Waals surface area contributed by atoms with Crippen molar-refractivity contribution in [3.8, 4) is 17.2 Å². The molecule has 0 spiro atoms. The standard InChI is InChI=1S/C18H12N2O/c19-13-14-8-9-16(18(21)20-10-4-5-11-20)17(12-14)15-6-2-1-3-7-15/h1-12H. The minimum absolute atomic E-state index is 0.108. The van der Waals surface area contributed by atoms with Crippen LogP contribution in [-0.4, -0.2) is 10.5 Å². The predicted molar refractivity (Wildman–Crippen MR) is 80.8 cm³/mol. The van der Waals surface area contributed by atoms with E-state index in [9.17, 15) is 4.79 Å². The largest absolute Gasteiger partial charge is 0.291 e. The Morgan fingerprint density at radius 3 is 2.33 bits per heavy atom. The minimum Gasteiger partial charge on any atom is -0.291 e. The van der Waals surface area contributed by atoms with E-state index >= 15 is 0 Å². The van der Waals surface area contributed by atoms with Gasteiger partial charge in [-0.15, -0.1) is 0 Å². The van der Waals surface area contributed by atoms with E-state index in [1.54, 1.807) is 30.6 Å². The number of carbonyl (C=O) groups is 1. The number of hydrogen-bond acceptors (Lipinski definition) is 2. The van der Waals surface area contributed by atoms with Crippen LogP contribution in [0.3, 0.4) is 0 Å². The molecule has 0 saturated heterocycles. The summed E-state index contributed by atoms with van der Waals surface area (Å²) < 4.78 is 1.54. The molecule has 3 nitrogen and oxygen atoms in total. The highest BCUT2D eigenvalue weighted by molar-refractivity contribution is 6.02. The lowest BCUT2D eigenvalue weighted by Gasteiger charge is -2.10. The molecule has 2 aromatic carbocycles. The molecule has 0 radical (unpaired) electrons. The van der Waals surface area contributed by atoms with Gasteiger partial charge in [0.15, 0.2) is 0 Å². The van der Waals surface area contributed by atoms with E-state index in [0.29, 0.717) is 11.1 Å². The minimum atomic E-state index is -0.108. The first-order valence-corrected chi connectivity index (χ1v) is 6.57. The maximum absolute atomic E-state index is 12.6. The third kappa shape index (κ3) is 2.47. The monoisotopic (exact) mass is 272 g/mol. The topological polar surface area (TPSA) is 45.8 Å². The summed E-state index contributed by atoms with van der Waals surface area (Å²) in [6.45, 7) is 0. The van der Waals surface area contributed by atoms with Gasteiger partial charge in [-0.2, -0.15) is 5.26 Å². The van der Waals surface area contributed by atoms with Crippen molar-refractivity contribution >= 4 is 5.91 Å². The van der Waals surface area contributed by atoms with E-state index in [1.165, 1.54) is 4.57 Å². The van der Waals surface area contributed by atoms with Crippen LogP contribution in [0.15, 0.2) is 73.1 Å². The number of carbonyl (C=O) groups excluding carboxylic acids is 1. The van der Waals surface area contributed by atoms with Gasteiger partial charge >= 0.3 is 0 Å². The van der Waals surface area contributed by atoms with Gasteiger partial charge in [0.2, 0.25) is 0 Å². The quantitative estimate of drug-likeness (QED) is 0.713. The molecule has 3 aromatic rings. The van der Waals surface area contributed by atoms with Crippen molar-refractivity contribution in [2.45, 2.75) is 0 Å². The summed E-state index contributed by atoms with van der Waals surface area (Å²) in [4.78, 5) is 12.6. The molecule has 3 rings (SSSR count). The van der Waals surface area contributed by atoms with E-state index in [-0.39, 0.29) is 5.91 Å². The zero-order valence-electron chi connectivity index (χ0n) is 11.2. The molecule has 0 aliphatic heterocycles. The Morgan fingerprint density at radius 1 is 0.952 bits per heavy atom. The zero-order chi connectivity index (χ0) is 14.7. The Bertz CT molecular complexity index is 812. The number of nitriles is 1. The van der Waals surface area contributed by atoms with Crippen molar-refractivity contribution in [2.75, 3.05) is 0 Å². The highest BCUT2D eigenvalue weighted by atomic mass is 16.2. The molecule has 0 unspecified atom stereocenters. The van der Waals surface area contributed by atoms with Crippen LogP contribution in [0.2, 0.25) is 0 Å². The van der Waals surface area contributed by atoms with Crippen LogP contribution in [0, 0.1) is 11.3 Å². The van der Waals surface area contributed by atoms with Crippen LogP contribution in [0.4, 0.5) is 0 Å². The van der Waals surface area contributed by atoms with Crippen molar-refractivity contribution in [3.63, 3.8) is 0 Å². The summed E-state index contributed by atoms with van der Waals surface area (Å²) in [6.07, 6.45) is 3.44. The smallest absolute Gasteiger partial charge is 0.262 e. The first-order valence-electron chi connectivity index (χ1n) is 6.57. The van der Waals surface area contributed by atoms with Crippen molar-refractivity contribution in [1.82, 2.24) is 4.57 Å². The summed E-state index contributed by atoms with van der Waals surface area (Å²) in [5.74, 6) is -0.108. The van der Waals surface area contributed by atoms with Gasteiger partial charge in [0.1, 0.15) is 0 Å². The second-order valence-corrected chi connectivity index (χ2v) is 4.63. The Balaban J connectivity index is 2.17. The molecule has 0 aliphatic rings. The van der Waals surface area contributed by atoms with E-state index in [2.05, 4.69) is 6.07 Å². The maximum Gasteiger partial charge on any atom is 0.262 e. The van der Waals surface area contributed by atoms with Crippen molar-refractivity contribution in [2.24, 2.45) is 0 Å². The van der Waals surface area contributed by atoms with E-state index in [0.717, 1.165) is 11.1 Å². The maximum atomic E-state index is 12.6. The summed E-state index contributed by atoms with van der Waals surface area (Å²) >= 11 is 0. The molecular formula is C18H12N2O. The summed E-state index contributed by atoms with van der Waals surface area (Å²) in [5, 5.41) is 9.08. The Morgan fingerprint density at radius 2 is 1.67 bits per heavy atom. The molecule has 0 saturated carbocycles. The predicted octanol–water partition coefficient (Wildman–Crippen LogP) is 3.72. The average Bonchev–Trinajstić information content (AvgIpc) is 3.09. The fraction of sp³-hybridized carbons (Fsp3) is 0. The number of hydrogen-bond donors (Lipinski definition) is 0. The van der Waals surface area contributed by atoms with E-state index < -0.39 is 0 Å².